The Morgan fingerprint density at radius 2 is 2.35 bits per heavy atom. The number of allylic oxidation sites excluding steroid dienone is 3. The first-order chi connectivity index (χ1) is 8.04. The summed E-state index contributed by atoms with van der Waals surface area (Å²) in [5, 5.41) is 10.6. The zero-order valence-corrected chi connectivity index (χ0v) is 10.4. The number of rotatable bonds is 6. The molecular weight excluding hydrogens is 218 g/mol. The lowest BCUT2D eigenvalue weighted by Gasteiger charge is -2.17. The minimum absolute atomic E-state index is 0.0188. The Morgan fingerprint density at radius 3 is 2.82 bits per heavy atom. The van der Waals surface area contributed by atoms with Gasteiger partial charge in [0.15, 0.2) is 0 Å². The summed E-state index contributed by atoms with van der Waals surface area (Å²) in [6.07, 6.45) is 7.86. The number of hydrogen-bond acceptors (Lipinski definition) is 3. The van der Waals surface area contributed by atoms with Crippen LogP contribution in [0.2, 0.25) is 0 Å². The second-order valence-electron chi connectivity index (χ2n) is 4.56. The van der Waals surface area contributed by atoms with Gasteiger partial charge in [0.2, 0.25) is 6.54 Å². The molecule has 1 rings (SSSR count). The summed E-state index contributed by atoms with van der Waals surface area (Å²) in [5.41, 5.74) is 0.818. The predicted octanol–water partition coefficient (Wildman–Crippen LogP) is 2.77. The van der Waals surface area contributed by atoms with Crippen molar-refractivity contribution in [2.45, 2.75) is 33.1 Å². The standard InChI is InChI=1S/C13H19NO3/c1-3-4-13(15)12(9-14(16)17)11-7-5-10(2)6-8-11/h5,7-8,10,12H,3-4,6,9H2,1-2H3. The first-order valence-electron chi connectivity index (χ1n) is 6.07. The summed E-state index contributed by atoms with van der Waals surface area (Å²) >= 11 is 0. The van der Waals surface area contributed by atoms with E-state index in [2.05, 4.69) is 6.92 Å². The van der Waals surface area contributed by atoms with Gasteiger partial charge in [-0.05, 0) is 24.3 Å². The topological polar surface area (TPSA) is 60.2 Å². The molecule has 0 heterocycles. The lowest BCUT2D eigenvalue weighted by atomic mass is 9.86. The van der Waals surface area contributed by atoms with Gasteiger partial charge in [-0.25, -0.2) is 0 Å². The van der Waals surface area contributed by atoms with E-state index >= 15 is 0 Å². The molecule has 0 saturated carbocycles. The van der Waals surface area contributed by atoms with E-state index in [4.69, 9.17) is 0 Å². The third-order valence-corrected chi connectivity index (χ3v) is 2.96. The maximum absolute atomic E-state index is 11.9. The second-order valence-corrected chi connectivity index (χ2v) is 4.56. The fraction of sp³-hybridized carbons (Fsp3) is 0.615. The molecule has 0 saturated heterocycles. The molecule has 0 radical (unpaired) electrons. The van der Waals surface area contributed by atoms with Gasteiger partial charge in [-0.1, -0.05) is 32.1 Å². The Bertz CT molecular complexity index is 358. The van der Waals surface area contributed by atoms with Crippen molar-refractivity contribution in [3.63, 3.8) is 0 Å². The van der Waals surface area contributed by atoms with Crippen molar-refractivity contribution < 1.29 is 9.72 Å². The van der Waals surface area contributed by atoms with E-state index in [9.17, 15) is 14.9 Å². The largest absolute Gasteiger partial charge is 0.299 e. The molecule has 94 valence electrons. The molecule has 0 bridgehead atoms. The molecule has 0 N–H and O–H groups in total. The molecule has 0 aromatic heterocycles. The van der Waals surface area contributed by atoms with Crippen molar-refractivity contribution in [1.82, 2.24) is 0 Å². The predicted molar refractivity (Wildman–Crippen MR) is 66.3 cm³/mol. The lowest BCUT2D eigenvalue weighted by Crippen LogP contribution is -2.25. The van der Waals surface area contributed by atoms with Gasteiger partial charge in [0.05, 0.1) is 0 Å². The van der Waals surface area contributed by atoms with Gasteiger partial charge in [0.1, 0.15) is 11.7 Å². The number of carbonyl (C=O) groups is 1. The van der Waals surface area contributed by atoms with E-state index in [0.29, 0.717) is 12.3 Å². The highest BCUT2D eigenvalue weighted by Crippen LogP contribution is 2.23. The van der Waals surface area contributed by atoms with Crippen LogP contribution in [0.15, 0.2) is 23.8 Å². The van der Waals surface area contributed by atoms with Crippen molar-refractivity contribution in [2.24, 2.45) is 11.8 Å². The van der Waals surface area contributed by atoms with E-state index < -0.39 is 10.8 Å². The summed E-state index contributed by atoms with van der Waals surface area (Å²) < 4.78 is 0. The molecule has 2 unspecified atom stereocenters. The SMILES string of the molecule is CCCC(=O)C(C[N+](=O)[O-])C1=CCC(C)C=C1. The van der Waals surface area contributed by atoms with Crippen LogP contribution in [0.25, 0.3) is 0 Å². The summed E-state index contributed by atoms with van der Waals surface area (Å²) in [6, 6.07) is 0. The number of nitrogens with zero attached hydrogens (tertiary/aromatic N) is 1. The molecule has 2 atom stereocenters. The van der Waals surface area contributed by atoms with Gasteiger partial charge in [0.25, 0.3) is 0 Å². The maximum atomic E-state index is 11.9. The number of carbonyl (C=O) groups excluding carboxylic acids is 1. The zero-order valence-electron chi connectivity index (χ0n) is 10.4. The molecule has 1 aliphatic carbocycles. The summed E-state index contributed by atoms with van der Waals surface area (Å²) in [6.45, 7) is 3.71. The molecule has 1 aliphatic rings. The van der Waals surface area contributed by atoms with E-state index in [1.807, 2.05) is 25.2 Å². The van der Waals surface area contributed by atoms with Crippen LogP contribution in [0.4, 0.5) is 0 Å². The van der Waals surface area contributed by atoms with Crippen LogP contribution >= 0.6 is 0 Å². The van der Waals surface area contributed by atoms with E-state index in [1.54, 1.807) is 0 Å². The van der Waals surface area contributed by atoms with E-state index in [0.717, 1.165) is 18.4 Å². The Hall–Kier alpha value is -1.45. The van der Waals surface area contributed by atoms with E-state index in [1.165, 1.54) is 0 Å². The van der Waals surface area contributed by atoms with Crippen LogP contribution in [0.1, 0.15) is 33.1 Å². The molecule has 0 amide bonds. The number of Topliss-reactive ketones (excluding diaryl/α,β-unsaturated/α-hetero) is 1. The first kappa shape index (κ1) is 13.6. The van der Waals surface area contributed by atoms with Gasteiger partial charge in [-0.15, -0.1) is 0 Å². The van der Waals surface area contributed by atoms with Crippen molar-refractivity contribution in [2.75, 3.05) is 6.54 Å². The lowest BCUT2D eigenvalue weighted by molar-refractivity contribution is -0.483. The van der Waals surface area contributed by atoms with Gasteiger partial charge < -0.3 is 0 Å². The fourth-order valence-electron chi connectivity index (χ4n) is 1.97. The Kier molecular flexibility index (Phi) is 5.07. The molecule has 0 aromatic rings. The van der Waals surface area contributed by atoms with Crippen molar-refractivity contribution in [1.29, 1.82) is 0 Å². The third kappa shape index (κ3) is 4.13. The average Bonchev–Trinajstić information content (AvgIpc) is 2.27. The zero-order chi connectivity index (χ0) is 12.8. The smallest absolute Gasteiger partial charge is 0.217 e. The number of hydrogen-bond donors (Lipinski definition) is 0. The third-order valence-electron chi connectivity index (χ3n) is 2.96. The number of ketones is 1. The van der Waals surface area contributed by atoms with Gasteiger partial charge in [-0.2, -0.15) is 0 Å². The summed E-state index contributed by atoms with van der Waals surface area (Å²) in [4.78, 5) is 22.1. The van der Waals surface area contributed by atoms with Crippen LogP contribution in [0, 0.1) is 22.0 Å². The molecule has 4 nitrogen and oxygen atoms in total. The second kappa shape index (κ2) is 6.33. The van der Waals surface area contributed by atoms with Gasteiger partial charge in [0, 0.05) is 11.3 Å². The average molecular weight is 237 g/mol. The van der Waals surface area contributed by atoms with Gasteiger partial charge in [-0.3, -0.25) is 14.9 Å². The number of nitro groups is 1. The van der Waals surface area contributed by atoms with E-state index in [-0.39, 0.29) is 12.3 Å². The van der Waals surface area contributed by atoms with Crippen LogP contribution in [0.3, 0.4) is 0 Å². The van der Waals surface area contributed by atoms with Crippen LogP contribution in [-0.2, 0) is 4.79 Å². The highest BCUT2D eigenvalue weighted by atomic mass is 16.6. The first-order valence-corrected chi connectivity index (χ1v) is 6.07. The maximum Gasteiger partial charge on any atom is 0.217 e. The van der Waals surface area contributed by atoms with Crippen LogP contribution in [0.5, 0.6) is 0 Å². The van der Waals surface area contributed by atoms with Crippen molar-refractivity contribution >= 4 is 5.78 Å². The molecule has 4 heteroatoms. The molecule has 0 aromatic carbocycles. The molecule has 0 aliphatic heterocycles. The van der Waals surface area contributed by atoms with Crippen LogP contribution < -0.4 is 0 Å². The highest BCUT2D eigenvalue weighted by Gasteiger charge is 2.26. The normalized spacial score (nSPS) is 20.8. The summed E-state index contributed by atoms with van der Waals surface area (Å²) in [7, 11) is 0. The Balaban J connectivity index is 2.79. The van der Waals surface area contributed by atoms with Crippen LogP contribution in [-0.4, -0.2) is 17.3 Å². The quantitative estimate of drug-likeness (QED) is 0.527. The Morgan fingerprint density at radius 1 is 1.65 bits per heavy atom. The minimum atomic E-state index is -0.561. The molecule has 0 spiro atoms. The minimum Gasteiger partial charge on any atom is -0.299 e. The molecule has 0 fully saturated rings. The van der Waals surface area contributed by atoms with Crippen molar-refractivity contribution in [3.8, 4) is 0 Å². The Labute approximate surface area is 102 Å². The molecule has 17 heavy (non-hydrogen) atoms. The van der Waals surface area contributed by atoms with Gasteiger partial charge >= 0.3 is 0 Å². The monoisotopic (exact) mass is 237 g/mol. The fourth-order valence-corrected chi connectivity index (χ4v) is 1.97. The molecular formula is C13H19NO3. The summed E-state index contributed by atoms with van der Waals surface area (Å²) in [5.74, 6) is -0.125. The highest BCUT2D eigenvalue weighted by molar-refractivity contribution is 5.84. The van der Waals surface area contributed by atoms with Crippen molar-refractivity contribution in [3.05, 3.63) is 33.9 Å².